The van der Waals surface area contributed by atoms with E-state index in [2.05, 4.69) is 5.32 Å². The number of ether oxygens (including phenoxy) is 1. The number of fused-ring (bicyclic) bond motifs is 1. The van der Waals surface area contributed by atoms with Gasteiger partial charge in [-0.25, -0.2) is 0 Å². The summed E-state index contributed by atoms with van der Waals surface area (Å²) < 4.78 is 10.6. The first-order valence-corrected chi connectivity index (χ1v) is 4.96. The van der Waals surface area contributed by atoms with Crippen molar-refractivity contribution in [3.63, 3.8) is 0 Å². The van der Waals surface area contributed by atoms with Gasteiger partial charge in [-0.1, -0.05) is 0 Å². The van der Waals surface area contributed by atoms with Crippen LogP contribution >= 0.6 is 0 Å². The molecule has 0 atom stereocenters. The molecule has 1 aromatic carbocycles. The monoisotopic (exact) mass is 219 g/mol. The molecule has 0 spiro atoms. The zero-order valence-corrected chi connectivity index (χ0v) is 9.46. The van der Waals surface area contributed by atoms with Crippen LogP contribution < -0.4 is 10.1 Å². The van der Waals surface area contributed by atoms with E-state index in [1.54, 1.807) is 27.1 Å². The molecule has 2 aromatic rings. The van der Waals surface area contributed by atoms with Gasteiger partial charge in [-0.2, -0.15) is 0 Å². The van der Waals surface area contributed by atoms with Crippen LogP contribution in [-0.2, 0) is 0 Å². The number of aryl methyl sites for hydroxylation is 1. The number of rotatable bonds is 2. The molecule has 1 N–H and O–H groups in total. The summed E-state index contributed by atoms with van der Waals surface area (Å²) in [4.78, 5) is 11.7. The van der Waals surface area contributed by atoms with E-state index in [0.29, 0.717) is 22.7 Å². The van der Waals surface area contributed by atoms with Crippen LogP contribution in [0.4, 0.5) is 0 Å². The van der Waals surface area contributed by atoms with Crippen LogP contribution in [0.1, 0.15) is 16.1 Å². The first kappa shape index (κ1) is 10.5. The van der Waals surface area contributed by atoms with Gasteiger partial charge in [0.05, 0.1) is 12.7 Å². The molecule has 1 aromatic heterocycles. The average Bonchev–Trinajstić information content (AvgIpc) is 2.62. The zero-order valence-electron chi connectivity index (χ0n) is 9.46. The SMILES string of the molecule is CNC(=O)c1c(C)oc2cc(OC)ccc12. The fourth-order valence-electron chi connectivity index (χ4n) is 1.73. The number of carbonyl (C=O) groups excluding carboxylic acids is 1. The number of hydrogen-bond acceptors (Lipinski definition) is 3. The Labute approximate surface area is 93.2 Å². The molecule has 84 valence electrons. The second-order valence-corrected chi connectivity index (χ2v) is 3.47. The van der Waals surface area contributed by atoms with Crippen molar-refractivity contribution in [3.05, 3.63) is 29.5 Å². The second kappa shape index (κ2) is 3.89. The topological polar surface area (TPSA) is 51.5 Å². The predicted octanol–water partition coefficient (Wildman–Crippen LogP) is 2.11. The number of furan rings is 1. The maximum atomic E-state index is 11.7. The molecule has 0 unspecified atom stereocenters. The third-order valence-corrected chi connectivity index (χ3v) is 2.53. The smallest absolute Gasteiger partial charge is 0.255 e. The normalized spacial score (nSPS) is 10.4. The summed E-state index contributed by atoms with van der Waals surface area (Å²) in [7, 11) is 3.20. The van der Waals surface area contributed by atoms with Crippen molar-refractivity contribution < 1.29 is 13.9 Å². The summed E-state index contributed by atoms with van der Waals surface area (Å²) in [6.07, 6.45) is 0. The molecule has 0 aliphatic rings. The molecule has 1 amide bonds. The van der Waals surface area contributed by atoms with E-state index in [1.165, 1.54) is 0 Å². The van der Waals surface area contributed by atoms with Gasteiger partial charge in [0.2, 0.25) is 0 Å². The number of benzene rings is 1. The second-order valence-electron chi connectivity index (χ2n) is 3.47. The minimum absolute atomic E-state index is 0.138. The van der Waals surface area contributed by atoms with Crippen LogP contribution in [-0.4, -0.2) is 20.1 Å². The van der Waals surface area contributed by atoms with Gasteiger partial charge >= 0.3 is 0 Å². The highest BCUT2D eigenvalue weighted by Crippen LogP contribution is 2.28. The fraction of sp³-hybridized carbons (Fsp3) is 0.250. The van der Waals surface area contributed by atoms with Gasteiger partial charge in [-0.15, -0.1) is 0 Å². The molecule has 0 aliphatic heterocycles. The van der Waals surface area contributed by atoms with E-state index < -0.39 is 0 Å². The Hall–Kier alpha value is -1.97. The van der Waals surface area contributed by atoms with E-state index in [1.807, 2.05) is 12.1 Å². The van der Waals surface area contributed by atoms with Crippen LogP contribution in [0.25, 0.3) is 11.0 Å². The van der Waals surface area contributed by atoms with Gasteiger partial charge in [-0.3, -0.25) is 4.79 Å². The van der Waals surface area contributed by atoms with E-state index in [-0.39, 0.29) is 5.91 Å². The highest BCUT2D eigenvalue weighted by atomic mass is 16.5. The molecular weight excluding hydrogens is 206 g/mol. The Bertz CT molecular complexity index is 542. The van der Waals surface area contributed by atoms with Crippen LogP contribution in [0, 0.1) is 6.92 Å². The zero-order chi connectivity index (χ0) is 11.7. The first-order chi connectivity index (χ1) is 7.67. The van der Waals surface area contributed by atoms with Crippen molar-refractivity contribution in [3.8, 4) is 5.75 Å². The number of carbonyl (C=O) groups is 1. The van der Waals surface area contributed by atoms with Crippen molar-refractivity contribution in [2.45, 2.75) is 6.92 Å². The molecular formula is C12H13NO3. The minimum Gasteiger partial charge on any atom is -0.497 e. The molecule has 0 bridgehead atoms. The van der Waals surface area contributed by atoms with Gasteiger partial charge in [0.15, 0.2) is 0 Å². The molecule has 4 nitrogen and oxygen atoms in total. The molecule has 1 heterocycles. The largest absolute Gasteiger partial charge is 0.497 e. The summed E-state index contributed by atoms with van der Waals surface area (Å²) in [6, 6.07) is 5.41. The third-order valence-electron chi connectivity index (χ3n) is 2.53. The lowest BCUT2D eigenvalue weighted by Crippen LogP contribution is -2.18. The molecule has 0 radical (unpaired) electrons. The lowest BCUT2D eigenvalue weighted by atomic mass is 10.1. The van der Waals surface area contributed by atoms with Crippen molar-refractivity contribution >= 4 is 16.9 Å². The minimum atomic E-state index is -0.138. The maximum absolute atomic E-state index is 11.7. The van der Waals surface area contributed by atoms with Gasteiger partial charge in [0, 0.05) is 18.5 Å². The lowest BCUT2D eigenvalue weighted by molar-refractivity contribution is 0.0963. The number of nitrogens with one attached hydrogen (secondary N) is 1. The van der Waals surface area contributed by atoms with Crippen LogP contribution in [0.5, 0.6) is 5.75 Å². The van der Waals surface area contributed by atoms with E-state index >= 15 is 0 Å². The van der Waals surface area contributed by atoms with Gasteiger partial charge in [0.25, 0.3) is 5.91 Å². The predicted molar refractivity (Wildman–Crippen MR) is 60.9 cm³/mol. The number of amides is 1. The van der Waals surface area contributed by atoms with Crippen LogP contribution in [0.3, 0.4) is 0 Å². The standard InChI is InChI=1S/C12H13NO3/c1-7-11(12(14)13-2)9-5-4-8(15-3)6-10(9)16-7/h4-6H,1-3H3,(H,13,14). The maximum Gasteiger partial charge on any atom is 0.255 e. The van der Waals surface area contributed by atoms with Crippen molar-refractivity contribution in [2.24, 2.45) is 0 Å². The third kappa shape index (κ3) is 1.52. The van der Waals surface area contributed by atoms with Crippen molar-refractivity contribution in [1.29, 1.82) is 0 Å². The average molecular weight is 219 g/mol. The Balaban J connectivity index is 2.66. The molecule has 16 heavy (non-hydrogen) atoms. The Kier molecular flexibility index (Phi) is 2.56. The van der Waals surface area contributed by atoms with Crippen LogP contribution in [0.15, 0.2) is 22.6 Å². The fourth-order valence-corrected chi connectivity index (χ4v) is 1.73. The van der Waals surface area contributed by atoms with Gasteiger partial charge in [-0.05, 0) is 19.1 Å². The molecule has 4 heteroatoms. The summed E-state index contributed by atoms with van der Waals surface area (Å²) >= 11 is 0. The molecule has 0 saturated carbocycles. The number of methoxy groups -OCH3 is 1. The van der Waals surface area contributed by atoms with E-state index in [4.69, 9.17) is 9.15 Å². The Morgan fingerprint density at radius 2 is 2.19 bits per heavy atom. The first-order valence-electron chi connectivity index (χ1n) is 4.96. The highest BCUT2D eigenvalue weighted by molar-refractivity contribution is 6.07. The number of hydrogen-bond donors (Lipinski definition) is 1. The highest BCUT2D eigenvalue weighted by Gasteiger charge is 2.17. The Morgan fingerprint density at radius 1 is 1.44 bits per heavy atom. The van der Waals surface area contributed by atoms with E-state index in [0.717, 1.165) is 5.39 Å². The molecule has 0 saturated heterocycles. The summed E-state index contributed by atoms with van der Waals surface area (Å²) in [5, 5.41) is 3.40. The molecule has 2 rings (SSSR count). The van der Waals surface area contributed by atoms with E-state index in [9.17, 15) is 4.79 Å². The summed E-state index contributed by atoms with van der Waals surface area (Å²) in [6.45, 7) is 1.77. The molecule has 0 fully saturated rings. The van der Waals surface area contributed by atoms with Gasteiger partial charge in [0.1, 0.15) is 17.1 Å². The van der Waals surface area contributed by atoms with Crippen LogP contribution in [0.2, 0.25) is 0 Å². The van der Waals surface area contributed by atoms with Crippen molar-refractivity contribution in [2.75, 3.05) is 14.2 Å². The Morgan fingerprint density at radius 3 is 2.81 bits per heavy atom. The summed E-state index contributed by atoms with van der Waals surface area (Å²) in [5.41, 5.74) is 1.25. The molecule has 0 aliphatic carbocycles. The lowest BCUT2D eigenvalue weighted by Gasteiger charge is -1.99. The summed E-state index contributed by atoms with van der Waals surface area (Å²) in [5.74, 6) is 1.19. The quantitative estimate of drug-likeness (QED) is 0.841. The van der Waals surface area contributed by atoms with Crippen molar-refractivity contribution in [1.82, 2.24) is 5.32 Å². The van der Waals surface area contributed by atoms with Gasteiger partial charge < -0.3 is 14.5 Å².